The second-order valence-corrected chi connectivity index (χ2v) is 5.55. The van der Waals surface area contributed by atoms with E-state index in [1.807, 2.05) is 25.1 Å². The molecule has 110 valence electrons. The van der Waals surface area contributed by atoms with Crippen LogP contribution in [0, 0.1) is 6.92 Å². The first-order valence-electron chi connectivity index (χ1n) is 7.21. The lowest BCUT2D eigenvalue weighted by molar-refractivity contribution is 0.101. The number of carbonyl (C=O) groups excluding carboxylic acids is 1. The van der Waals surface area contributed by atoms with Gasteiger partial charge in [-0.2, -0.15) is 0 Å². The number of rotatable bonds is 5. The second kappa shape index (κ2) is 6.86. The summed E-state index contributed by atoms with van der Waals surface area (Å²) in [5.74, 6) is 0.764. The maximum absolute atomic E-state index is 11.6. The van der Waals surface area contributed by atoms with Crippen LogP contribution in [-0.4, -0.2) is 62.0 Å². The van der Waals surface area contributed by atoms with Gasteiger partial charge >= 0.3 is 0 Å². The van der Waals surface area contributed by atoms with Crippen molar-refractivity contribution in [2.45, 2.75) is 13.8 Å². The zero-order valence-electron chi connectivity index (χ0n) is 12.7. The molecule has 0 bridgehead atoms. The Labute approximate surface area is 121 Å². The number of carbonyl (C=O) groups is 1. The van der Waals surface area contributed by atoms with E-state index in [0.717, 1.165) is 38.3 Å². The third-order valence-corrected chi connectivity index (χ3v) is 3.78. The van der Waals surface area contributed by atoms with Gasteiger partial charge < -0.3 is 9.64 Å². The number of benzene rings is 1. The van der Waals surface area contributed by atoms with E-state index < -0.39 is 0 Å². The summed E-state index contributed by atoms with van der Waals surface area (Å²) in [5, 5.41) is 0. The van der Waals surface area contributed by atoms with Gasteiger partial charge in [-0.15, -0.1) is 0 Å². The number of hydrogen-bond acceptors (Lipinski definition) is 4. The van der Waals surface area contributed by atoms with Crippen molar-refractivity contribution in [3.63, 3.8) is 0 Å². The molecule has 2 rings (SSSR count). The first-order valence-corrected chi connectivity index (χ1v) is 7.21. The minimum atomic E-state index is 0.0586. The molecule has 1 aromatic carbocycles. The van der Waals surface area contributed by atoms with Gasteiger partial charge in [0.15, 0.2) is 5.78 Å². The predicted octanol–water partition coefficient (Wildman–Crippen LogP) is 1.82. The molecule has 0 aliphatic carbocycles. The fraction of sp³-hybridized carbons (Fsp3) is 0.562. The molecule has 0 aromatic heterocycles. The van der Waals surface area contributed by atoms with E-state index in [1.54, 1.807) is 6.92 Å². The highest BCUT2D eigenvalue weighted by atomic mass is 16.5. The minimum Gasteiger partial charge on any atom is -0.491 e. The summed E-state index contributed by atoms with van der Waals surface area (Å²) in [6.07, 6.45) is 0. The number of nitrogens with zero attached hydrogens (tertiary/aromatic N) is 2. The summed E-state index contributed by atoms with van der Waals surface area (Å²) in [4.78, 5) is 16.4. The normalized spacial score (nSPS) is 17.1. The molecular weight excluding hydrogens is 252 g/mol. The lowest BCUT2D eigenvalue weighted by Gasteiger charge is -2.32. The molecule has 1 aliphatic rings. The Morgan fingerprint density at radius 1 is 1.25 bits per heavy atom. The van der Waals surface area contributed by atoms with Crippen LogP contribution in [0.5, 0.6) is 5.75 Å². The van der Waals surface area contributed by atoms with Crippen LogP contribution in [0.3, 0.4) is 0 Å². The van der Waals surface area contributed by atoms with Crippen molar-refractivity contribution in [1.82, 2.24) is 9.80 Å². The summed E-state index contributed by atoms with van der Waals surface area (Å²) in [7, 11) is 2.15. The van der Waals surface area contributed by atoms with E-state index in [-0.39, 0.29) is 5.78 Å². The Morgan fingerprint density at radius 3 is 2.60 bits per heavy atom. The van der Waals surface area contributed by atoms with E-state index in [9.17, 15) is 4.79 Å². The third-order valence-electron chi connectivity index (χ3n) is 3.78. The molecule has 4 heteroatoms. The average Bonchev–Trinajstić information content (AvgIpc) is 2.42. The highest BCUT2D eigenvalue weighted by Crippen LogP contribution is 2.20. The molecule has 0 saturated carbocycles. The standard InChI is InChI=1S/C16H24N2O2/c1-13-4-5-16(15(12-13)14(2)19)20-11-10-18-8-6-17(3)7-9-18/h4-5,12H,6-11H2,1-3H3. The molecule has 0 spiro atoms. The summed E-state index contributed by atoms with van der Waals surface area (Å²) >= 11 is 0. The van der Waals surface area contributed by atoms with Gasteiger partial charge in [-0.05, 0) is 33.0 Å². The van der Waals surface area contributed by atoms with Crippen molar-refractivity contribution in [3.05, 3.63) is 29.3 Å². The summed E-state index contributed by atoms with van der Waals surface area (Å²) < 4.78 is 5.81. The van der Waals surface area contributed by atoms with E-state index in [4.69, 9.17) is 4.74 Å². The summed E-state index contributed by atoms with van der Waals surface area (Å²) in [5.41, 5.74) is 1.77. The molecule has 0 amide bonds. The van der Waals surface area contributed by atoms with Crippen molar-refractivity contribution in [2.24, 2.45) is 0 Å². The number of aryl methyl sites for hydroxylation is 1. The molecule has 1 fully saturated rings. The SMILES string of the molecule is CC(=O)c1cc(C)ccc1OCCN1CCN(C)CC1. The number of likely N-dealkylation sites (N-methyl/N-ethyl adjacent to an activating group) is 1. The van der Waals surface area contributed by atoms with Crippen LogP contribution in [0.15, 0.2) is 18.2 Å². The zero-order valence-corrected chi connectivity index (χ0v) is 12.7. The van der Waals surface area contributed by atoms with Gasteiger partial charge in [-0.3, -0.25) is 9.69 Å². The number of ether oxygens (including phenoxy) is 1. The molecule has 0 N–H and O–H groups in total. The van der Waals surface area contributed by atoms with Crippen LogP contribution in [0.25, 0.3) is 0 Å². The first kappa shape index (κ1) is 15.0. The number of piperazine rings is 1. The Bertz CT molecular complexity index is 466. The largest absolute Gasteiger partial charge is 0.491 e. The molecular formula is C16H24N2O2. The van der Waals surface area contributed by atoms with Crippen molar-refractivity contribution in [2.75, 3.05) is 46.4 Å². The Morgan fingerprint density at radius 2 is 1.95 bits per heavy atom. The lowest BCUT2D eigenvalue weighted by Crippen LogP contribution is -2.45. The Hall–Kier alpha value is -1.39. The molecule has 1 saturated heterocycles. The van der Waals surface area contributed by atoms with E-state index in [2.05, 4.69) is 16.8 Å². The highest BCUT2D eigenvalue weighted by molar-refractivity contribution is 5.97. The maximum atomic E-state index is 11.6. The maximum Gasteiger partial charge on any atom is 0.163 e. The molecule has 4 nitrogen and oxygen atoms in total. The van der Waals surface area contributed by atoms with E-state index >= 15 is 0 Å². The minimum absolute atomic E-state index is 0.0586. The molecule has 1 heterocycles. The monoisotopic (exact) mass is 276 g/mol. The van der Waals surface area contributed by atoms with Crippen molar-refractivity contribution in [1.29, 1.82) is 0 Å². The summed E-state index contributed by atoms with van der Waals surface area (Å²) in [6, 6.07) is 5.78. The van der Waals surface area contributed by atoms with E-state index in [1.165, 1.54) is 0 Å². The van der Waals surface area contributed by atoms with Gasteiger partial charge in [0.05, 0.1) is 5.56 Å². The van der Waals surface area contributed by atoms with Crippen molar-refractivity contribution < 1.29 is 9.53 Å². The Balaban J connectivity index is 1.86. The van der Waals surface area contributed by atoms with E-state index in [0.29, 0.717) is 17.9 Å². The average molecular weight is 276 g/mol. The molecule has 0 unspecified atom stereocenters. The van der Waals surface area contributed by atoms with Crippen LogP contribution >= 0.6 is 0 Å². The molecule has 20 heavy (non-hydrogen) atoms. The fourth-order valence-corrected chi connectivity index (χ4v) is 2.40. The number of hydrogen-bond donors (Lipinski definition) is 0. The molecule has 0 radical (unpaired) electrons. The molecule has 1 aromatic rings. The van der Waals surface area contributed by atoms with Crippen LogP contribution in [-0.2, 0) is 0 Å². The van der Waals surface area contributed by atoms with Gasteiger partial charge in [0.1, 0.15) is 12.4 Å². The molecule has 0 atom stereocenters. The highest BCUT2D eigenvalue weighted by Gasteiger charge is 2.14. The van der Waals surface area contributed by atoms with Crippen LogP contribution in [0.1, 0.15) is 22.8 Å². The van der Waals surface area contributed by atoms with Gasteiger partial charge in [0.2, 0.25) is 0 Å². The summed E-state index contributed by atoms with van der Waals surface area (Å²) in [6.45, 7) is 9.53. The van der Waals surface area contributed by atoms with Crippen LogP contribution in [0.2, 0.25) is 0 Å². The number of Topliss-reactive ketones (excluding diaryl/α,β-unsaturated/α-hetero) is 1. The molecule has 1 aliphatic heterocycles. The quantitative estimate of drug-likeness (QED) is 0.768. The lowest BCUT2D eigenvalue weighted by atomic mass is 10.1. The van der Waals surface area contributed by atoms with Gasteiger partial charge in [0, 0.05) is 32.7 Å². The van der Waals surface area contributed by atoms with Crippen molar-refractivity contribution >= 4 is 5.78 Å². The van der Waals surface area contributed by atoms with Crippen LogP contribution < -0.4 is 4.74 Å². The topological polar surface area (TPSA) is 32.8 Å². The second-order valence-electron chi connectivity index (χ2n) is 5.55. The first-order chi connectivity index (χ1) is 9.56. The predicted molar refractivity (Wildman–Crippen MR) is 80.6 cm³/mol. The zero-order chi connectivity index (χ0) is 14.5. The van der Waals surface area contributed by atoms with Gasteiger partial charge in [0.25, 0.3) is 0 Å². The van der Waals surface area contributed by atoms with Gasteiger partial charge in [-0.25, -0.2) is 0 Å². The number of ketones is 1. The van der Waals surface area contributed by atoms with Crippen LogP contribution in [0.4, 0.5) is 0 Å². The fourth-order valence-electron chi connectivity index (χ4n) is 2.40. The third kappa shape index (κ3) is 4.05. The van der Waals surface area contributed by atoms with Gasteiger partial charge in [-0.1, -0.05) is 11.6 Å². The smallest absolute Gasteiger partial charge is 0.163 e. The van der Waals surface area contributed by atoms with Crippen molar-refractivity contribution in [3.8, 4) is 5.75 Å². The Kier molecular flexibility index (Phi) is 5.15.